The average molecular weight is 307 g/mol. The second-order valence-electron chi connectivity index (χ2n) is 6.34. The Kier molecular flexibility index (Phi) is 4.85. The number of amides is 2. The fourth-order valence-corrected chi connectivity index (χ4v) is 3.02. The first kappa shape index (κ1) is 16.5. The zero-order chi connectivity index (χ0) is 16.3. The van der Waals surface area contributed by atoms with E-state index in [1.54, 1.807) is 41.0 Å². The molecule has 1 aliphatic rings. The number of rotatable bonds is 4. The van der Waals surface area contributed by atoms with Crippen LogP contribution in [0.4, 0.5) is 0 Å². The molecule has 7 heteroatoms. The van der Waals surface area contributed by atoms with Crippen LogP contribution in [-0.2, 0) is 15.1 Å². The average Bonchev–Trinajstić information content (AvgIpc) is 3.00. The maximum absolute atomic E-state index is 12.8. The van der Waals surface area contributed by atoms with E-state index in [9.17, 15) is 9.59 Å². The lowest BCUT2D eigenvalue weighted by Gasteiger charge is -2.43. The van der Waals surface area contributed by atoms with Crippen molar-refractivity contribution in [1.82, 2.24) is 24.5 Å². The molecule has 0 aliphatic carbocycles. The van der Waals surface area contributed by atoms with Crippen LogP contribution in [0.3, 0.4) is 0 Å². The summed E-state index contributed by atoms with van der Waals surface area (Å²) in [4.78, 5) is 30.4. The minimum atomic E-state index is -0.798. The van der Waals surface area contributed by atoms with E-state index in [4.69, 9.17) is 0 Å². The molecule has 7 nitrogen and oxygen atoms in total. The Labute approximate surface area is 131 Å². The van der Waals surface area contributed by atoms with Crippen molar-refractivity contribution in [2.45, 2.75) is 18.4 Å². The van der Waals surface area contributed by atoms with E-state index in [0.29, 0.717) is 26.1 Å². The van der Waals surface area contributed by atoms with Crippen LogP contribution >= 0.6 is 0 Å². The number of piperidine rings is 1. The van der Waals surface area contributed by atoms with Crippen molar-refractivity contribution >= 4 is 11.8 Å². The van der Waals surface area contributed by atoms with E-state index >= 15 is 0 Å². The standard InChI is InChI=1S/C15H25N5O2/c1-17(2)11-13(21)19-9-5-7-15(12-19,14(22)18(3)4)20-10-6-8-16-20/h6,8,10H,5,7,9,11-12H2,1-4H3. The molecular weight excluding hydrogens is 282 g/mol. The first-order chi connectivity index (χ1) is 10.4. The quantitative estimate of drug-likeness (QED) is 0.776. The van der Waals surface area contributed by atoms with Crippen molar-refractivity contribution in [3.63, 3.8) is 0 Å². The third-order valence-corrected chi connectivity index (χ3v) is 4.02. The Morgan fingerprint density at radius 2 is 2.00 bits per heavy atom. The summed E-state index contributed by atoms with van der Waals surface area (Å²) in [7, 11) is 7.23. The van der Waals surface area contributed by atoms with Crippen LogP contribution in [-0.4, -0.2) is 84.1 Å². The van der Waals surface area contributed by atoms with Gasteiger partial charge < -0.3 is 14.7 Å². The minimum absolute atomic E-state index is 0.0152. The summed E-state index contributed by atoms with van der Waals surface area (Å²) < 4.78 is 1.71. The molecule has 2 rings (SSSR count). The van der Waals surface area contributed by atoms with Crippen LogP contribution in [0.25, 0.3) is 0 Å². The van der Waals surface area contributed by atoms with E-state index in [2.05, 4.69) is 5.10 Å². The second kappa shape index (κ2) is 6.48. The molecule has 22 heavy (non-hydrogen) atoms. The molecule has 1 aliphatic heterocycles. The Balaban J connectivity index is 2.30. The van der Waals surface area contributed by atoms with E-state index in [1.807, 2.05) is 25.1 Å². The van der Waals surface area contributed by atoms with Crippen molar-refractivity contribution in [2.24, 2.45) is 0 Å². The zero-order valence-electron chi connectivity index (χ0n) is 13.8. The summed E-state index contributed by atoms with van der Waals surface area (Å²) in [6, 6.07) is 1.81. The number of likely N-dealkylation sites (N-methyl/N-ethyl adjacent to an activating group) is 2. The van der Waals surface area contributed by atoms with Gasteiger partial charge in [0.15, 0.2) is 5.54 Å². The highest BCUT2D eigenvalue weighted by atomic mass is 16.2. The molecule has 0 radical (unpaired) electrons. The molecule has 1 atom stereocenters. The van der Waals surface area contributed by atoms with Crippen molar-refractivity contribution in [3.05, 3.63) is 18.5 Å². The summed E-state index contributed by atoms with van der Waals surface area (Å²) in [6.07, 6.45) is 4.96. The van der Waals surface area contributed by atoms with Gasteiger partial charge >= 0.3 is 0 Å². The molecule has 0 N–H and O–H groups in total. The van der Waals surface area contributed by atoms with Gasteiger partial charge in [-0.05, 0) is 33.0 Å². The van der Waals surface area contributed by atoms with Crippen LogP contribution in [0.5, 0.6) is 0 Å². The van der Waals surface area contributed by atoms with Gasteiger partial charge in [0.25, 0.3) is 5.91 Å². The highest BCUT2D eigenvalue weighted by Gasteiger charge is 2.46. The van der Waals surface area contributed by atoms with Gasteiger partial charge in [0, 0.05) is 33.0 Å². The van der Waals surface area contributed by atoms with Crippen LogP contribution < -0.4 is 0 Å². The molecule has 1 unspecified atom stereocenters. The van der Waals surface area contributed by atoms with Crippen LogP contribution in [0, 0.1) is 0 Å². The van der Waals surface area contributed by atoms with Crippen molar-refractivity contribution in [2.75, 3.05) is 47.8 Å². The van der Waals surface area contributed by atoms with Gasteiger partial charge in [-0.2, -0.15) is 5.10 Å². The highest BCUT2D eigenvalue weighted by molar-refractivity contribution is 5.86. The number of aromatic nitrogens is 2. The first-order valence-corrected chi connectivity index (χ1v) is 7.51. The number of hydrogen-bond donors (Lipinski definition) is 0. The maximum Gasteiger partial charge on any atom is 0.251 e. The smallest absolute Gasteiger partial charge is 0.251 e. The molecule has 0 saturated carbocycles. The van der Waals surface area contributed by atoms with E-state index in [0.717, 1.165) is 6.42 Å². The third kappa shape index (κ3) is 3.14. The van der Waals surface area contributed by atoms with Gasteiger partial charge in [-0.15, -0.1) is 0 Å². The van der Waals surface area contributed by atoms with E-state index in [-0.39, 0.29) is 11.8 Å². The Morgan fingerprint density at radius 1 is 1.27 bits per heavy atom. The van der Waals surface area contributed by atoms with Gasteiger partial charge in [0.2, 0.25) is 5.91 Å². The summed E-state index contributed by atoms with van der Waals surface area (Å²) in [5.74, 6) is 0.0336. The largest absolute Gasteiger partial charge is 0.347 e. The van der Waals surface area contributed by atoms with Crippen molar-refractivity contribution in [3.8, 4) is 0 Å². The monoisotopic (exact) mass is 307 g/mol. The molecule has 1 aromatic heterocycles. The normalized spacial score (nSPS) is 22.0. The molecule has 122 valence electrons. The van der Waals surface area contributed by atoms with Crippen LogP contribution in [0.1, 0.15) is 12.8 Å². The second-order valence-corrected chi connectivity index (χ2v) is 6.34. The van der Waals surface area contributed by atoms with E-state index < -0.39 is 5.54 Å². The lowest BCUT2D eigenvalue weighted by atomic mass is 9.87. The highest BCUT2D eigenvalue weighted by Crippen LogP contribution is 2.30. The van der Waals surface area contributed by atoms with Gasteiger partial charge in [-0.25, -0.2) is 0 Å². The summed E-state index contributed by atoms with van der Waals surface area (Å²) >= 11 is 0. The van der Waals surface area contributed by atoms with Gasteiger partial charge in [-0.1, -0.05) is 0 Å². The molecular formula is C15H25N5O2. The lowest BCUT2D eigenvalue weighted by molar-refractivity contribution is -0.146. The number of nitrogens with zero attached hydrogens (tertiary/aromatic N) is 5. The Morgan fingerprint density at radius 3 is 2.55 bits per heavy atom. The summed E-state index contributed by atoms with van der Waals surface area (Å²) in [6.45, 7) is 1.42. The predicted molar refractivity (Wildman–Crippen MR) is 83.3 cm³/mol. The molecule has 1 saturated heterocycles. The fraction of sp³-hybridized carbons (Fsp3) is 0.667. The number of carbonyl (C=O) groups excluding carboxylic acids is 2. The molecule has 0 aromatic carbocycles. The lowest BCUT2D eigenvalue weighted by Crippen LogP contribution is -2.59. The maximum atomic E-state index is 12.8. The molecule has 0 bridgehead atoms. The number of hydrogen-bond acceptors (Lipinski definition) is 4. The number of carbonyl (C=O) groups is 2. The molecule has 0 spiro atoms. The molecule has 2 heterocycles. The fourth-order valence-electron chi connectivity index (χ4n) is 3.02. The topological polar surface area (TPSA) is 61.7 Å². The number of likely N-dealkylation sites (tertiary alicyclic amines) is 1. The molecule has 1 fully saturated rings. The minimum Gasteiger partial charge on any atom is -0.347 e. The molecule has 1 aromatic rings. The molecule has 2 amide bonds. The van der Waals surface area contributed by atoms with Crippen molar-refractivity contribution in [1.29, 1.82) is 0 Å². The van der Waals surface area contributed by atoms with Gasteiger partial charge in [0.05, 0.1) is 13.1 Å². The van der Waals surface area contributed by atoms with Crippen molar-refractivity contribution < 1.29 is 9.59 Å². The Hall–Kier alpha value is -1.89. The Bertz CT molecular complexity index is 526. The van der Waals surface area contributed by atoms with Crippen LogP contribution in [0.15, 0.2) is 18.5 Å². The first-order valence-electron chi connectivity index (χ1n) is 7.51. The van der Waals surface area contributed by atoms with Gasteiger partial charge in [-0.3, -0.25) is 14.3 Å². The van der Waals surface area contributed by atoms with E-state index in [1.165, 1.54) is 0 Å². The predicted octanol–water partition coefficient (Wildman–Crippen LogP) is -0.149. The SMILES string of the molecule is CN(C)CC(=O)N1CCCC(C(=O)N(C)C)(n2cccn2)C1. The summed E-state index contributed by atoms with van der Waals surface area (Å²) in [5, 5.41) is 4.29. The zero-order valence-corrected chi connectivity index (χ0v) is 13.8. The van der Waals surface area contributed by atoms with Gasteiger partial charge in [0.1, 0.15) is 0 Å². The van der Waals surface area contributed by atoms with Crippen LogP contribution in [0.2, 0.25) is 0 Å². The third-order valence-electron chi connectivity index (χ3n) is 4.02. The summed E-state index contributed by atoms with van der Waals surface area (Å²) in [5.41, 5.74) is -0.798.